The minimum absolute atomic E-state index is 0.0130. The molecular formula is C84H102O28. The summed E-state index contributed by atoms with van der Waals surface area (Å²) in [4.78, 5) is 137. The van der Waals surface area contributed by atoms with Crippen LogP contribution < -0.4 is 0 Å². The molecule has 0 radical (unpaired) electrons. The maximum Gasteiger partial charge on any atom is 0.338 e. The van der Waals surface area contributed by atoms with Crippen molar-refractivity contribution in [2.75, 3.05) is 67.6 Å². The largest absolute Gasteiger partial charge is 0.481 e. The van der Waals surface area contributed by atoms with Crippen LogP contribution in [-0.4, -0.2) is 150 Å². The van der Waals surface area contributed by atoms with Crippen molar-refractivity contribution in [1.82, 2.24) is 0 Å². The van der Waals surface area contributed by atoms with Crippen LogP contribution in [0.25, 0.3) is 33.4 Å². The van der Waals surface area contributed by atoms with Crippen LogP contribution >= 0.6 is 0 Å². The zero-order valence-corrected chi connectivity index (χ0v) is 65.6. The molecule has 28 nitrogen and oxygen atoms in total. The normalized spacial score (nSPS) is 8.98. The van der Waals surface area contributed by atoms with Gasteiger partial charge in [-0.15, -0.1) is 6.58 Å². The minimum atomic E-state index is -0.833. The van der Waals surface area contributed by atoms with Gasteiger partial charge in [-0.3, -0.25) is 33.7 Å². The number of methoxy groups -OCH3 is 2. The molecular weight excluding hydrogens is 1460 g/mol. The molecule has 0 fully saturated rings. The molecule has 0 spiro atoms. The van der Waals surface area contributed by atoms with Gasteiger partial charge in [-0.25, -0.2) is 28.8 Å². The van der Waals surface area contributed by atoms with E-state index in [-0.39, 0.29) is 92.4 Å². The zero-order chi connectivity index (χ0) is 85.8. The molecule has 0 aliphatic rings. The van der Waals surface area contributed by atoms with Gasteiger partial charge in [0, 0.05) is 50.0 Å². The number of hydrogen-bond acceptors (Lipinski definition) is 27. The van der Waals surface area contributed by atoms with Crippen molar-refractivity contribution >= 4 is 72.1 Å². The Balaban J connectivity index is -0.000000630. The Hall–Kier alpha value is -13.3. The predicted molar refractivity (Wildman–Crippen MR) is 417 cm³/mol. The Bertz CT molecular complexity index is 3600. The molecule has 112 heavy (non-hydrogen) atoms. The van der Waals surface area contributed by atoms with Crippen molar-refractivity contribution in [2.24, 2.45) is 0 Å². The van der Waals surface area contributed by atoms with Crippen molar-refractivity contribution in [2.45, 2.75) is 82.6 Å². The molecule has 606 valence electrons. The van der Waals surface area contributed by atoms with Crippen molar-refractivity contribution in [3.05, 3.63) is 267 Å². The van der Waals surface area contributed by atoms with Gasteiger partial charge >= 0.3 is 65.6 Å². The van der Waals surface area contributed by atoms with E-state index in [2.05, 4.69) is 191 Å². The van der Waals surface area contributed by atoms with E-state index in [1.54, 1.807) is 55.5 Å². The van der Waals surface area contributed by atoms with Crippen LogP contribution in [0.5, 0.6) is 0 Å². The van der Waals surface area contributed by atoms with Gasteiger partial charge in [0.2, 0.25) is 13.6 Å². The highest BCUT2D eigenvalue weighted by atomic mass is 17.2. The summed E-state index contributed by atoms with van der Waals surface area (Å²) < 4.78 is 55.2. The van der Waals surface area contributed by atoms with Gasteiger partial charge in [-0.2, -0.15) is 4.89 Å². The molecule has 0 saturated heterocycles. The molecule has 0 aromatic heterocycles. The number of carbonyl (C=O) groups is 12. The number of carbonyl (C=O) groups excluding carboxylic acids is 11. The van der Waals surface area contributed by atoms with E-state index in [4.69, 9.17) is 38.7 Å². The lowest BCUT2D eigenvalue weighted by atomic mass is 9.95. The summed E-state index contributed by atoms with van der Waals surface area (Å²) in [6.45, 7) is 38.9. The smallest absolute Gasteiger partial charge is 0.338 e. The molecule has 0 unspecified atom stereocenters. The number of ether oxygens (including phenoxy) is 12. The first kappa shape index (κ1) is 105. The Morgan fingerprint density at radius 1 is 0.375 bits per heavy atom. The number of aliphatic carboxylic acids is 1. The Morgan fingerprint density at radius 3 is 0.893 bits per heavy atom. The van der Waals surface area contributed by atoms with Crippen LogP contribution in [0.3, 0.4) is 0 Å². The maximum absolute atomic E-state index is 12.7. The number of benzene rings is 6. The second-order valence-electron chi connectivity index (χ2n) is 21.8. The van der Waals surface area contributed by atoms with Gasteiger partial charge < -0.3 is 67.1 Å². The molecule has 6 aromatic carbocycles. The Morgan fingerprint density at radius 2 is 0.643 bits per heavy atom. The van der Waals surface area contributed by atoms with Crippen molar-refractivity contribution in [3.8, 4) is 33.4 Å². The van der Waals surface area contributed by atoms with Crippen molar-refractivity contribution < 1.29 is 134 Å². The fourth-order valence-electron chi connectivity index (χ4n) is 6.48. The first-order valence-corrected chi connectivity index (χ1v) is 33.2. The Labute approximate surface area is 654 Å². The quantitative estimate of drug-likeness (QED) is 0.00440. The first-order chi connectivity index (χ1) is 52.9. The lowest BCUT2D eigenvalue weighted by molar-refractivity contribution is -0.322. The summed E-state index contributed by atoms with van der Waals surface area (Å²) in [6, 6.07) is 54.8. The number of hydrogen-bond donors (Lipinski definition) is 2. The fourth-order valence-corrected chi connectivity index (χ4v) is 6.48. The third-order valence-corrected chi connectivity index (χ3v) is 11.2. The highest BCUT2D eigenvalue weighted by Gasteiger charge is 2.20. The van der Waals surface area contributed by atoms with E-state index in [1.807, 2.05) is 38.1 Å². The number of carboxylic acid groups (broad SMARTS) is 1. The summed E-state index contributed by atoms with van der Waals surface area (Å²) >= 11 is 0. The molecule has 0 bridgehead atoms. The molecule has 2 N–H and O–H groups in total. The SMILES string of the molecule is C=C(C)C.C=C(C)C(=O)OCCOC(=O)c1ccccc1-c1ccccc1C(=O)OCCOC(=O)C(=C)C.C=C(C)C(=O)OCOC(C)=O.C=C(C)C(=O)OCOC(C)=O.C=C(C)OC(=O)CCOC(C)=O.C=C(OC)OOCO.CC(=O)O.COC=O.c1ccc(-c2ccccc2)cc1.c1ccc(-c2ccccc2)cc1. The number of carboxylic acids is 1. The molecule has 0 amide bonds. The Kier molecular flexibility index (Phi) is 62.9. The molecule has 0 atom stereocenters. The number of aliphatic hydroxyl groups excluding tert-OH is 1. The molecule has 6 rings (SSSR count). The third kappa shape index (κ3) is 61.8. The van der Waals surface area contributed by atoms with Crippen LogP contribution in [0, 0.1) is 0 Å². The van der Waals surface area contributed by atoms with Gasteiger partial charge in [-0.1, -0.05) is 196 Å². The minimum Gasteiger partial charge on any atom is -0.481 e. The van der Waals surface area contributed by atoms with Crippen LogP contribution in [0.15, 0.2) is 255 Å². The number of aliphatic hydroxyl groups is 1. The monoisotopic (exact) mass is 1560 g/mol. The zero-order valence-electron chi connectivity index (χ0n) is 65.6. The standard InChI is InChI=1S/C26H26O8.2C12H10.C8H12O4.2C7H10O4.C4H8O4.C4H8.2C2H4O2/c1-17(2)23(27)31-13-15-33-25(29)21-11-7-5-9-19(21)20-10-6-8-12-22(20)26(30)34-16-14-32-24(28)18(3)4;2*1-3-7-11(8-4-1)12-9-5-2-6-10-12;1-6(2)12-8(10)4-5-11-7(3)9;2*1-5(2)7(9)11-4-10-6(3)8;1-4(6-2)8-7-3-5;1-4(2)3;1-4-2-3;1-2(3)4/h5-12H,1,3,13-16H2,2,4H3;2*1-10H;1,4-5H2,2-3H3;2*1,4H2,2-3H3;5H,1,3H2,2H3;1H2,2-3H3;2H,1H3;1H3,(H,3,4). The van der Waals surface area contributed by atoms with Crippen molar-refractivity contribution in [3.63, 3.8) is 0 Å². The first-order valence-electron chi connectivity index (χ1n) is 33.2. The fraction of sp³-hybridized carbons (Fsp3) is 0.262. The van der Waals surface area contributed by atoms with Crippen molar-refractivity contribution in [1.29, 1.82) is 0 Å². The van der Waals surface area contributed by atoms with E-state index in [0.717, 1.165) is 6.92 Å². The van der Waals surface area contributed by atoms with Gasteiger partial charge in [0.1, 0.15) is 33.0 Å². The van der Waals surface area contributed by atoms with E-state index in [0.29, 0.717) is 23.4 Å². The van der Waals surface area contributed by atoms with E-state index >= 15 is 0 Å². The molecule has 0 heterocycles. The van der Waals surface area contributed by atoms with Crippen LogP contribution in [0.2, 0.25) is 0 Å². The number of allylic oxidation sites excluding steroid dienone is 2. The topological polar surface area (TPSA) is 375 Å². The van der Waals surface area contributed by atoms with E-state index in [1.165, 1.54) is 90.5 Å². The molecule has 0 aliphatic carbocycles. The van der Waals surface area contributed by atoms with Crippen LogP contribution in [0.1, 0.15) is 103 Å². The molecule has 6 aromatic rings. The molecule has 0 saturated carbocycles. The average molecular weight is 1560 g/mol. The third-order valence-electron chi connectivity index (χ3n) is 11.2. The second kappa shape index (κ2) is 67.0. The summed E-state index contributed by atoms with van der Waals surface area (Å²) in [5.74, 6) is -5.86. The lowest BCUT2D eigenvalue weighted by Gasteiger charge is -2.13. The maximum atomic E-state index is 12.7. The summed E-state index contributed by atoms with van der Waals surface area (Å²) in [6.07, 6.45) is 0.0619. The van der Waals surface area contributed by atoms with Gasteiger partial charge in [0.15, 0.2) is 6.79 Å². The van der Waals surface area contributed by atoms with Gasteiger partial charge in [0.25, 0.3) is 12.4 Å². The van der Waals surface area contributed by atoms with E-state index in [9.17, 15) is 47.9 Å². The summed E-state index contributed by atoms with van der Waals surface area (Å²) in [5.41, 5.74) is 8.69. The second-order valence-corrected chi connectivity index (χ2v) is 21.8. The molecule has 28 heteroatoms. The highest BCUT2D eigenvalue weighted by Crippen LogP contribution is 2.29. The van der Waals surface area contributed by atoms with E-state index < -0.39 is 72.5 Å². The number of rotatable bonds is 28. The van der Waals surface area contributed by atoms with Gasteiger partial charge in [-0.05, 0) is 101 Å². The van der Waals surface area contributed by atoms with Crippen LogP contribution in [-0.2, 0) is 115 Å². The van der Waals surface area contributed by atoms with Crippen LogP contribution in [0.4, 0.5) is 0 Å². The average Bonchev–Trinajstić information content (AvgIpc) is 0.802. The van der Waals surface area contributed by atoms with Gasteiger partial charge in [0.05, 0.1) is 37.5 Å². The number of esters is 10. The molecule has 0 aliphatic heterocycles. The summed E-state index contributed by atoms with van der Waals surface area (Å²) in [7, 11) is 2.69. The highest BCUT2D eigenvalue weighted by molar-refractivity contribution is 6.03. The predicted octanol–water partition coefficient (Wildman–Crippen LogP) is 14.3. The lowest BCUT2D eigenvalue weighted by Crippen LogP contribution is -2.16. The summed E-state index contributed by atoms with van der Waals surface area (Å²) in [5, 5.41) is 15.4.